The quantitative estimate of drug-likeness (QED) is 0.604. The predicted octanol–water partition coefficient (Wildman–Crippen LogP) is 1.13. The summed E-state index contributed by atoms with van der Waals surface area (Å²) in [5.41, 5.74) is 1.43. The third-order valence-electron chi connectivity index (χ3n) is 3.06. The molecule has 19 heavy (non-hydrogen) atoms. The first-order valence-corrected chi connectivity index (χ1v) is 6.96. The molecule has 1 heterocycles. The third-order valence-corrected chi connectivity index (χ3v) is 4.23. The molecule has 1 saturated heterocycles. The molecule has 0 radical (unpaired) electrons. The highest BCUT2D eigenvalue weighted by Gasteiger charge is 2.28. The van der Waals surface area contributed by atoms with Gasteiger partial charge >= 0.3 is 0 Å². The number of carbonyl (C=O) groups is 3. The van der Waals surface area contributed by atoms with Crippen molar-refractivity contribution in [3.8, 4) is 0 Å². The van der Waals surface area contributed by atoms with E-state index in [1.807, 2.05) is 13.0 Å². The number of hydrogen-bond acceptors (Lipinski definition) is 3. The van der Waals surface area contributed by atoms with Gasteiger partial charge in [0.2, 0.25) is 11.8 Å². The Balaban J connectivity index is 2.11. The van der Waals surface area contributed by atoms with Gasteiger partial charge in [-0.2, -0.15) is 0 Å². The minimum Gasteiger partial charge on any atom is -0.340 e. The fourth-order valence-corrected chi connectivity index (χ4v) is 2.42. The molecule has 1 aliphatic rings. The number of piperidine rings is 1. The Morgan fingerprint density at radius 2 is 2.16 bits per heavy atom. The van der Waals surface area contributed by atoms with Crippen LogP contribution >= 0.6 is 22.6 Å². The molecule has 1 aromatic carbocycles. The van der Waals surface area contributed by atoms with E-state index in [1.54, 1.807) is 12.1 Å². The van der Waals surface area contributed by atoms with E-state index in [0.29, 0.717) is 12.0 Å². The third kappa shape index (κ3) is 3.12. The van der Waals surface area contributed by atoms with Crippen LogP contribution in [0.3, 0.4) is 0 Å². The van der Waals surface area contributed by atoms with Crippen LogP contribution in [-0.2, 0) is 9.59 Å². The van der Waals surface area contributed by atoms with Gasteiger partial charge in [-0.1, -0.05) is 6.07 Å². The summed E-state index contributed by atoms with van der Waals surface area (Å²) in [5.74, 6) is -1.01. The number of amides is 3. The maximum absolute atomic E-state index is 12.1. The van der Waals surface area contributed by atoms with Crippen molar-refractivity contribution in [2.75, 3.05) is 0 Å². The van der Waals surface area contributed by atoms with E-state index in [4.69, 9.17) is 0 Å². The fourth-order valence-electron chi connectivity index (χ4n) is 1.92. The van der Waals surface area contributed by atoms with Gasteiger partial charge in [0, 0.05) is 15.6 Å². The molecular weight excluding hydrogens is 359 g/mol. The SMILES string of the molecule is Cc1c(I)cccc1C(=O)NC1CCC(=O)NC1=O. The Hall–Kier alpha value is -1.44. The van der Waals surface area contributed by atoms with E-state index < -0.39 is 11.9 Å². The maximum Gasteiger partial charge on any atom is 0.252 e. The van der Waals surface area contributed by atoms with Gasteiger partial charge in [0.1, 0.15) is 6.04 Å². The van der Waals surface area contributed by atoms with Crippen LogP contribution in [0.2, 0.25) is 0 Å². The van der Waals surface area contributed by atoms with Crippen molar-refractivity contribution in [2.45, 2.75) is 25.8 Å². The molecule has 100 valence electrons. The molecule has 3 amide bonds. The number of imide groups is 1. The molecule has 0 bridgehead atoms. The van der Waals surface area contributed by atoms with Crippen molar-refractivity contribution < 1.29 is 14.4 Å². The molecule has 1 aliphatic heterocycles. The van der Waals surface area contributed by atoms with Gasteiger partial charge in [-0.3, -0.25) is 19.7 Å². The smallest absolute Gasteiger partial charge is 0.252 e. The fraction of sp³-hybridized carbons (Fsp3) is 0.308. The van der Waals surface area contributed by atoms with Gasteiger partial charge in [0.25, 0.3) is 5.91 Å². The van der Waals surface area contributed by atoms with Gasteiger partial charge in [-0.05, 0) is 53.6 Å². The number of benzene rings is 1. The molecule has 1 unspecified atom stereocenters. The number of nitrogens with one attached hydrogen (secondary N) is 2. The normalized spacial score (nSPS) is 18.9. The molecule has 2 rings (SSSR count). The van der Waals surface area contributed by atoms with Crippen molar-refractivity contribution in [1.29, 1.82) is 0 Å². The summed E-state index contributed by atoms with van der Waals surface area (Å²) in [7, 11) is 0. The molecule has 2 N–H and O–H groups in total. The standard InChI is InChI=1S/C13H13IN2O3/c1-7-8(3-2-4-9(7)14)12(18)15-10-5-6-11(17)16-13(10)19/h2-4,10H,5-6H2,1H3,(H,15,18)(H,16,17,19). The Labute approximate surface area is 124 Å². The average Bonchev–Trinajstić information content (AvgIpc) is 2.36. The summed E-state index contributed by atoms with van der Waals surface area (Å²) < 4.78 is 0.994. The zero-order chi connectivity index (χ0) is 14.0. The molecule has 5 nitrogen and oxygen atoms in total. The van der Waals surface area contributed by atoms with Crippen molar-refractivity contribution in [3.05, 3.63) is 32.9 Å². The summed E-state index contributed by atoms with van der Waals surface area (Å²) in [5, 5.41) is 4.89. The summed E-state index contributed by atoms with van der Waals surface area (Å²) in [6, 6.07) is 4.80. The van der Waals surface area contributed by atoms with E-state index >= 15 is 0 Å². The lowest BCUT2D eigenvalue weighted by atomic mass is 10.0. The highest BCUT2D eigenvalue weighted by molar-refractivity contribution is 14.1. The van der Waals surface area contributed by atoms with Gasteiger partial charge in [0.15, 0.2) is 0 Å². The molecule has 1 aromatic rings. The highest BCUT2D eigenvalue weighted by Crippen LogP contribution is 2.16. The summed E-state index contributed by atoms with van der Waals surface area (Å²) in [6.07, 6.45) is 0.599. The first kappa shape index (κ1) is 14.0. The Kier molecular flexibility index (Phi) is 4.18. The van der Waals surface area contributed by atoms with Crippen molar-refractivity contribution >= 4 is 40.3 Å². The predicted molar refractivity (Wildman–Crippen MR) is 77.5 cm³/mol. The lowest BCUT2D eigenvalue weighted by molar-refractivity contribution is -0.134. The van der Waals surface area contributed by atoms with Crippen molar-refractivity contribution in [1.82, 2.24) is 10.6 Å². The molecular formula is C13H13IN2O3. The topological polar surface area (TPSA) is 75.3 Å². The van der Waals surface area contributed by atoms with E-state index in [1.165, 1.54) is 0 Å². The van der Waals surface area contributed by atoms with Crippen LogP contribution in [0.1, 0.15) is 28.8 Å². The number of halogens is 1. The Morgan fingerprint density at radius 3 is 2.84 bits per heavy atom. The minimum atomic E-state index is -0.637. The highest BCUT2D eigenvalue weighted by atomic mass is 127. The molecule has 6 heteroatoms. The van der Waals surface area contributed by atoms with Crippen molar-refractivity contribution in [3.63, 3.8) is 0 Å². The van der Waals surface area contributed by atoms with Gasteiger partial charge in [-0.25, -0.2) is 0 Å². The lowest BCUT2D eigenvalue weighted by Crippen LogP contribution is -2.52. The van der Waals surface area contributed by atoms with E-state index in [2.05, 4.69) is 33.2 Å². The largest absolute Gasteiger partial charge is 0.340 e. The van der Waals surface area contributed by atoms with Crippen LogP contribution in [-0.4, -0.2) is 23.8 Å². The van der Waals surface area contributed by atoms with Crippen LogP contribution in [0.15, 0.2) is 18.2 Å². The number of hydrogen-bond donors (Lipinski definition) is 2. The first-order valence-electron chi connectivity index (χ1n) is 5.88. The Bertz CT molecular complexity index is 557. The summed E-state index contributed by atoms with van der Waals surface area (Å²) in [6.45, 7) is 1.86. The summed E-state index contributed by atoms with van der Waals surface area (Å²) in [4.78, 5) is 34.7. The second-order valence-electron chi connectivity index (χ2n) is 4.39. The van der Waals surface area contributed by atoms with Crippen LogP contribution in [0.5, 0.6) is 0 Å². The van der Waals surface area contributed by atoms with Gasteiger partial charge in [-0.15, -0.1) is 0 Å². The van der Waals surface area contributed by atoms with E-state index in [9.17, 15) is 14.4 Å². The number of carbonyl (C=O) groups excluding carboxylic acids is 3. The molecule has 0 saturated carbocycles. The average molecular weight is 372 g/mol. The zero-order valence-corrected chi connectivity index (χ0v) is 12.5. The van der Waals surface area contributed by atoms with E-state index in [-0.39, 0.29) is 18.2 Å². The van der Waals surface area contributed by atoms with Crippen LogP contribution < -0.4 is 10.6 Å². The monoisotopic (exact) mass is 372 g/mol. The lowest BCUT2D eigenvalue weighted by Gasteiger charge is -2.22. The second-order valence-corrected chi connectivity index (χ2v) is 5.55. The van der Waals surface area contributed by atoms with Gasteiger partial charge < -0.3 is 5.32 Å². The molecule has 0 spiro atoms. The van der Waals surface area contributed by atoms with E-state index in [0.717, 1.165) is 9.13 Å². The molecule has 1 atom stereocenters. The van der Waals surface area contributed by atoms with Crippen LogP contribution in [0, 0.1) is 10.5 Å². The molecule has 1 fully saturated rings. The molecule has 0 aromatic heterocycles. The van der Waals surface area contributed by atoms with Crippen LogP contribution in [0.25, 0.3) is 0 Å². The van der Waals surface area contributed by atoms with Gasteiger partial charge in [0.05, 0.1) is 0 Å². The summed E-state index contributed by atoms with van der Waals surface area (Å²) >= 11 is 2.16. The second kappa shape index (κ2) is 5.68. The first-order chi connectivity index (χ1) is 8.99. The van der Waals surface area contributed by atoms with Crippen molar-refractivity contribution in [2.24, 2.45) is 0 Å². The number of rotatable bonds is 2. The minimum absolute atomic E-state index is 0.252. The Morgan fingerprint density at radius 1 is 1.42 bits per heavy atom. The maximum atomic E-state index is 12.1. The zero-order valence-electron chi connectivity index (χ0n) is 10.3. The molecule has 0 aliphatic carbocycles. The van der Waals surface area contributed by atoms with Crippen LogP contribution in [0.4, 0.5) is 0 Å².